The highest BCUT2D eigenvalue weighted by Gasteiger charge is 2.11. The lowest BCUT2D eigenvalue weighted by Gasteiger charge is -2.14. The average molecular weight is 405 g/mol. The van der Waals surface area contributed by atoms with Crippen molar-refractivity contribution in [2.45, 2.75) is 32.2 Å². The van der Waals surface area contributed by atoms with Gasteiger partial charge in [0.15, 0.2) is 0 Å². The highest BCUT2D eigenvalue weighted by atomic mass is 35.5. The predicted molar refractivity (Wildman–Crippen MR) is 109 cm³/mol. The van der Waals surface area contributed by atoms with E-state index in [2.05, 4.69) is 15.5 Å². The molecule has 2 rings (SSSR count). The van der Waals surface area contributed by atoms with Crippen molar-refractivity contribution in [2.75, 3.05) is 32.7 Å². The fourth-order valence-electron chi connectivity index (χ4n) is 2.76. The summed E-state index contributed by atoms with van der Waals surface area (Å²) in [6.07, 6.45) is 3.67. The molecule has 0 aliphatic carbocycles. The van der Waals surface area contributed by atoms with Crippen molar-refractivity contribution in [1.29, 1.82) is 0 Å². The molecule has 1 aliphatic heterocycles. The Morgan fingerprint density at radius 2 is 1.69 bits per heavy atom. The molecular weight excluding hydrogens is 375 g/mol. The van der Waals surface area contributed by atoms with Gasteiger partial charge in [-0.2, -0.15) is 0 Å². The summed E-state index contributed by atoms with van der Waals surface area (Å²) >= 11 is 0. The molecular formula is C18H30Cl2N4O2. The third-order valence-electron chi connectivity index (χ3n) is 4.23. The average Bonchev–Trinajstić information content (AvgIpc) is 3.12. The zero-order valence-electron chi connectivity index (χ0n) is 15.0. The van der Waals surface area contributed by atoms with Crippen molar-refractivity contribution in [3.63, 3.8) is 0 Å². The maximum atomic E-state index is 12.1. The van der Waals surface area contributed by atoms with E-state index in [0.29, 0.717) is 38.0 Å². The maximum absolute atomic E-state index is 12.1. The minimum absolute atomic E-state index is 0. The van der Waals surface area contributed by atoms with E-state index >= 15 is 0 Å². The molecule has 2 amide bonds. The van der Waals surface area contributed by atoms with Crippen molar-refractivity contribution in [3.05, 3.63) is 35.4 Å². The summed E-state index contributed by atoms with van der Waals surface area (Å²) in [6.45, 7) is 4.87. The van der Waals surface area contributed by atoms with Crippen LogP contribution in [0.25, 0.3) is 0 Å². The van der Waals surface area contributed by atoms with E-state index in [-0.39, 0.29) is 36.6 Å². The highest BCUT2D eigenvalue weighted by Crippen LogP contribution is 2.07. The van der Waals surface area contributed by atoms with E-state index in [0.717, 1.165) is 25.2 Å². The van der Waals surface area contributed by atoms with Crippen LogP contribution >= 0.6 is 24.8 Å². The number of hydrogen-bond acceptors (Lipinski definition) is 4. The third-order valence-corrected chi connectivity index (χ3v) is 4.23. The maximum Gasteiger partial charge on any atom is 0.251 e. The van der Waals surface area contributed by atoms with Gasteiger partial charge in [0, 0.05) is 31.6 Å². The van der Waals surface area contributed by atoms with E-state index in [4.69, 9.17) is 5.73 Å². The van der Waals surface area contributed by atoms with Crippen LogP contribution in [0.4, 0.5) is 0 Å². The van der Waals surface area contributed by atoms with E-state index < -0.39 is 0 Å². The molecule has 0 unspecified atom stereocenters. The first-order valence-electron chi connectivity index (χ1n) is 8.75. The van der Waals surface area contributed by atoms with Gasteiger partial charge in [-0.1, -0.05) is 12.1 Å². The molecule has 8 heteroatoms. The number of nitrogens with zero attached hydrogens (tertiary/aromatic N) is 1. The van der Waals surface area contributed by atoms with Crippen LogP contribution in [0.1, 0.15) is 41.6 Å². The summed E-state index contributed by atoms with van der Waals surface area (Å²) in [7, 11) is 0. The quantitative estimate of drug-likeness (QED) is 0.584. The monoisotopic (exact) mass is 404 g/mol. The Morgan fingerprint density at radius 3 is 2.31 bits per heavy atom. The number of amides is 2. The molecule has 6 nitrogen and oxygen atoms in total. The highest BCUT2D eigenvalue weighted by molar-refractivity contribution is 5.94. The molecule has 0 bridgehead atoms. The summed E-state index contributed by atoms with van der Waals surface area (Å²) in [6, 6.07) is 7.34. The first kappa shape index (κ1) is 24.7. The molecule has 1 saturated heterocycles. The van der Waals surface area contributed by atoms with Gasteiger partial charge in [0.25, 0.3) is 5.91 Å². The van der Waals surface area contributed by atoms with Gasteiger partial charge in [-0.05, 0) is 56.6 Å². The Bertz CT molecular complexity index is 534. The number of nitrogens with two attached hydrogens (primary N) is 1. The van der Waals surface area contributed by atoms with E-state index in [1.54, 1.807) is 12.1 Å². The predicted octanol–water partition coefficient (Wildman–Crippen LogP) is 1.71. The largest absolute Gasteiger partial charge is 0.352 e. The van der Waals surface area contributed by atoms with Crippen LogP contribution in [0.2, 0.25) is 0 Å². The summed E-state index contributed by atoms with van der Waals surface area (Å²) in [4.78, 5) is 26.0. The van der Waals surface area contributed by atoms with Crippen LogP contribution in [0, 0.1) is 0 Å². The molecule has 0 spiro atoms. The second-order valence-electron chi connectivity index (χ2n) is 6.17. The molecule has 0 saturated carbocycles. The number of halogens is 2. The summed E-state index contributed by atoms with van der Waals surface area (Å²) in [5.41, 5.74) is 7.00. The van der Waals surface area contributed by atoms with Crippen molar-refractivity contribution in [1.82, 2.24) is 15.5 Å². The molecule has 148 valence electrons. The Kier molecular flexibility index (Phi) is 13.1. The van der Waals surface area contributed by atoms with Gasteiger partial charge in [0.05, 0.1) is 0 Å². The molecule has 4 N–H and O–H groups in total. The molecule has 1 heterocycles. The summed E-state index contributed by atoms with van der Waals surface area (Å²) in [5, 5.41) is 5.80. The Morgan fingerprint density at radius 1 is 1.04 bits per heavy atom. The fraction of sp³-hybridized carbons (Fsp3) is 0.556. The first-order chi connectivity index (χ1) is 11.7. The van der Waals surface area contributed by atoms with Crippen molar-refractivity contribution < 1.29 is 9.59 Å². The molecule has 0 atom stereocenters. The van der Waals surface area contributed by atoms with Gasteiger partial charge >= 0.3 is 0 Å². The molecule has 0 aromatic heterocycles. The lowest BCUT2D eigenvalue weighted by molar-refractivity contribution is -0.121. The number of rotatable bonds is 9. The lowest BCUT2D eigenvalue weighted by atomic mass is 10.1. The van der Waals surface area contributed by atoms with Crippen LogP contribution in [0.3, 0.4) is 0 Å². The summed E-state index contributed by atoms with van der Waals surface area (Å²) in [5.74, 6) is -0.0445. The minimum atomic E-state index is -0.0484. The minimum Gasteiger partial charge on any atom is -0.352 e. The van der Waals surface area contributed by atoms with Crippen LogP contribution < -0.4 is 16.4 Å². The first-order valence-corrected chi connectivity index (χ1v) is 8.75. The van der Waals surface area contributed by atoms with E-state index in [1.165, 1.54) is 12.8 Å². The topological polar surface area (TPSA) is 87.5 Å². The fourth-order valence-corrected chi connectivity index (χ4v) is 2.76. The molecule has 1 fully saturated rings. The normalized spacial score (nSPS) is 13.4. The lowest BCUT2D eigenvalue weighted by Crippen LogP contribution is -2.33. The molecule has 0 radical (unpaired) electrons. The standard InChI is InChI=1S/C18H28N4O2.2ClH/c19-9-3-4-17(23)21-14-15-5-7-16(8-6-15)18(24)20-10-13-22-11-1-2-12-22;;/h5-8H,1-4,9-14,19H2,(H,20,24)(H,21,23);2*1H. The van der Waals surface area contributed by atoms with Crippen molar-refractivity contribution in [2.24, 2.45) is 5.73 Å². The van der Waals surface area contributed by atoms with E-state index in [9.17, 15) is 9.59 Å². The number of benzene rings is 1. The van der Waals surface area contributed by atoms with Gasteiger partial charge in [-0.3, -0.25) is 9.59 Å². The van der Waals surface area contributed by atoms with Gasteiger partial charge in [-0.15, -0.1) is 24.8 Å². The zero-order valence-corrected chi connectivity index (χ0v) is 16.7. The SMILES string of the molecule is Cl.Cl.NCCCC(=O)NCc1ccc(C(=O)NCCN2CCCC2)cc1. The second kappa shape index (κ2) is 13.8. The molecule has 1 aliphatic rings. The number of nitrogens with one attached hydrogen (secondary N) is 2. The van der Waals surface area contributed by atoms with Crippen LogP contribution in [0.5, 0.6) is 0 Å². The van der Waals surface area contributed by atoms with Crippen molar-refractivity contribution >= 4 is 36.6 Å². The number of carbonyl (C=O) groups excluding carboxylic acids is 2. The van der Waals surface area contributed by atoms with E-state index in [1.807, 2.05) is 12.1 Å². The Hall–Kier alpha value is -1.34. The zero-order chi connectivity index (χ0) is 17.2. The Balaban J connectivity index is 0.00000312. The second-order valence-corrected chi connectivity index (χ2v) is 6.17. The van der Waals surface area contributed by atoms with Crippen LogP contribution in [0.15, 0.2) is 24.3 Å². The Labute approximate surface area is 168 Å². The van der Waals surface area contributed by atoms with Crippen LogP contribution in [-0.4, -0.2) is 49.4 Å². The molecule has 26 heavy (non-hydrogen) atoms. The van der Waals surface area contributed by atoms with Gasteiger partial charge < -0.3 is 21.3 Å². The molecule has 1 aromatic rings. The number of carbonyl (C=O) groups is 2. The van der Waals surface area contributed by atoms with Crippen molar-refractivity contribution in [3.8, 4) is 0 Å². The van der Waals surface area contributed by atoms with Gasteiger partial charge in [0.1, 0.15) is 0 Å². The van der Waals surface area contributed by atoms with Crippen LogP contribution in [-0.2, 0) is 11.3 Å². The number of hydrogen-bond donors (Lipinski definition) is 3. The van der Waals surface area contributed by atoms with Gasteiger partial charge in [-0.25, -0.2) is 0 Å². The third kappa shape index (κ3) is 8.85. The smallest absolute Gasteiger partial charge is 0.251 e. The number of likely N-dealkylation sites (tertiary alicyclic amines) is 1. The van der Waals surface area contributed by atoms with Gasteiger partial charge in [0.2, 0.25) is 5.91 Å². The molecule has 1 aromatic carbocycles. The summed E-state index contributed by atoms with van der Waals surface area (Å²) < 4.78 is 0.